The summed E-state index contributed by atoms with van der Waals surface area (Å²) < 4.78 is 0. The lowest BCUT2D eigenvalue weighted by Crippen LogP contribution is -2.34. The van der Waals surface area contributed by atoms with Gasteiger partial charge in [-0.15, -0.1) is 11.3 Å². The van der Waals surface area contributed by atoms with Crippen LogP contribution in [0.15, 0.2) is 11.6 Å². The van der Waals surface area contributed by atoms with Crippen LogP contribution in [0, 0.1) is 11.8 Å². The Hall–Kier alpha value is -0.740. The molecule has 0 aliphatic carbocycles. The van der Waals surface area contributed by atoms with Crippen molar-refractivity contribution in [1.82, 2.24) is 10.3 Å². The van der Waals surface area contributed by atoms with Gasteiger partial charge in [0.05, 0.1) is 11.4 Å². The molecule has 1 aliphatic heterocycles. The number of carbonyl (C=O) groups excluding carboxylic acids is 1. The van der Waals surface area contributed by atoms with E-state index in [0.717, 1.165) is 18.1 Å². The zero-order chi connectivity index (χ0) is 12.1. The van der Waals surface area contributed by atoms with Crippen molar-refractivity contribution in [3.63, 3.8) is 0 Å². The van der Waals surface area contributed by atoms with Gasteiger partial charge in [0.15, 0.2) is 0 Å². The lowest BCUT2D eigenvalue weighted by atomic mass is 9.84. The Morgan fingerprint density at radius 3 is 3.24 bits per heavy atom. The Bertz CT molecular complexity index is 344. The van der Waals surface area contributed by atoms with Crippen LogP contribution in [0.1, 0.15) is 31.2 Å². The molecule has 4 heteroatoms. The van der Waals surface area contributed by atoms with Gasteiger partial charge in [0.2, 0.25) is 0 Å². The maximum Gasteiger partial charge on any atom is 0.139 e. The van der Waals surface area contributed by atoms with E-state index < -0.39 is 0 Å². The molecule has 1 aromatic heterocycles. The first-order valence-electron chi connectivity index (χ1n) is 6.36. The fourth-order valence-corrected chi connectivity index (χ4v) is 3.12. The zero-order valence-corrected chi connectivity index (χ0v) is 11.1. The molecule has 1 fully saturated rings. The van der Waals surface area contributed by atoms with E-state index in [1.54, 1.807) is 17.5 Å². The molecule has 0 saturated carbocycles. The van der Waals surface area contributed by atoms with Crippen LogP contribution >= 0.6 is 11.3 Å². The first-order valence-corrected chi connectivity index (χ1v) is 7.24. The molecule has 0 spiro atoms. The summed E-state index contributed by atoms with van der Waals surface area (Å²) in [6.07, 6.45) is 5.49. The second kappa shape index (κ2) is 6.26. The van der Waals surface area contributed by atoms with Crippen LogP contribution in [-0.2, 0) is 11.2 Å². The highest BCUT2D eigenvalue weighted by Gasteiger charge is 2.22. The SMILES string of the molecule is CC(CC(=O)Cc1nccs1)C1CCCNC1. The summed E-state index contributed by atoms with van der Waals surface area (Å²) in [5.74, 6) is 1.50. The third-order valence-electron chi connectivity index (χ3n) is 3.52. The van der Waals surface area contributed by atoms with E-state index in [9.17, 15) is 4.79 Å². The molecular formula is C13H20N2OS. The number of ketones is 1. The van der Waals surface area contributed by atoms with E-state index in [4.69, 9.17) is 0 Å². The average molecular weight is 252 g/mol. The molecule has 0 aromatic carbocycles. The van der Waals surface area contributed by atoms with E-state index in [1.165, 1.54) is 12.8 Å². The maximum absolute atomic E-state index is 11.9. The minimum Gasteiger partial charge on any atom is -0.316 e. The Balaban J connectivity index is 1.77. The number of hydrogen-bond donors (Lipinski definition) is 1. The van der Waals surface area contributed by atoms with Gasteiger partial charge in [-0.1, -0.05) is 6.92 Å². The summed E-state index contributed by atoms with van der Waals surface area (Å²) in [5, 5.41) is 6.29. The number of aromatic nitrogens is 1. The molecule has 2 heterocycles. The van der Waals surface area contributed by atoms with E-state index >= 15 is 0 Å². The van der Waals surface area contributed by atoms with Crippen molar-refractivity contribution in [3.8, 4) is 0 Å². The van der Waals surface area contributed by atoms with Gasteiger partial charge in [0.1, 0.15) is 5.78 Å². The Kier molecular flexibility index (Phi) is 4.68. The molecule has 94 valence electrons. The van der Waals surface area contributed by atoms with Crippen molar-refractivity contribution in [2.75, 3.05) is 13.1 Å². The second-order valence-corrected chi connectivity index (χ2v) is 5.91. The van der Waals surface area contributed by atoms with Crippen molar-refractivity contribution >= 4 is 17.1 Å². The highest BCUT2D eigenvalue weighted by atomic mass is 32.1. The van der Waals surface area contributed by atoms with Crippen molar-refractivity contribution in [3.05, 3.63) is 16.6 Å². The van der Waals surface area contributed by atoms with Gasteiger partial charge in [-0.05, 0) is 37.8 Å². The third-order valence-corrected chi connectivity index (χ3v) is 4.30. The van der Waals surface area contributed by atoms with Crippen LogP contribution in [-0.4, -0.2) is 23.9 Å². The second-order valence-electron chi connectivity index (χ2n) is 4.93. The van der Waals surface area contributed by atoms with E-state index in [2.05, 4.69) is 17.2 Å². The van der Waals surface area contributed by atoms with Crippen LogP contribution in [0.2, 0.25) is 0 Å². The monoisotopic (exact) mass is 252 g/mol. The van der Waals surface area contributed by atoms with Gasteiger partial charge in [0, 0.05) is 18.0 Å². The number of carbonyl (C=O) groups is 1. The highest BCUT2D eigenvalue weighted by Crippen LogP contribution is 2.23. The van der Waals surface area contributed by atoms with E-state index in [1.807, 2.05) is 5.38 Å². The van der Waals surface area contributed by atoms with E-state index in [0.29, 0.717) is 30.5 Å². The fraction of sp³-hybridized carbons (Fsp3) is 0.692. The number of hydrogen-bond acceptors (Lipinski definition) is 4. The Labute approximate surface area is 107 Å². The van der Waals surface area contributed by atoms with Gasteiger partial charge < -0.3 is 5.32 Å². The van der Waals surface area contributed by atoms with Crippen molar-refractivity contribution in [2.24, 2.45) is 11.8 Å². The Morgan fingerprint density at radius 2 is 2.59 bits per heavy atom. The van der Waals surface area contributed by atoms with Gasteiger partial charge in [0.25, 0.3) is 0 Å². The standard InChI is InChI=1S/C13H20N2OS/c1-10(11-3-2-4-14-9-11)7-12(16)8-13-15-5-6-17-13/h5-6,10-11,14H,2-4,7-9H2,1H3. The summed E-state index contributed by atoms with van der Waals surface area (Å²) in [6, 6.07) is 0. The minimum atomic E-state index is 0.332. The molecule has 17 heavy (non-hydrogen) atoms. The molecule has 1 aliphatic rings. The van der Waals surface area contributed by atoms with E-state index in [-0.39, 0.29) is 0 Å². The summed E-state index contributed by atoms with van der Waals surface area (Å²) in [7, 11) is 0. The molecule has 2 unspecified atom stereocenters. The first kappa shape index (κ1) is 12.7. The lowest BCUT2D eigenvalue weighted by Gasteiger charge is -2.27. The van der Waals surface area contributed by atoms with Crippen LogP contribution in [0.5, 0.6) is 0 Å². The summed E-state index contributed by atoms with van der Waals surface area (Å²) in [6.45, 7) is 4.42. The largest absolute Gasteiger partial charge is 0.316 e. The number of rotatable bonds is 5. The number of nitrogens with zero attached hydrogens (tertiary/aromatic N) is 1. The topological polar surface area (TPSA) is 42.0 Å². The van der Waals surface area contributed by atoms with Gasteiger partial charge in [-0.2, -0.15) is 0 Å². The molecule has 0 radical (unpaired) electrons. The van der Waals surface area contributed by atoms with Crippen LogP contribution in [0.25, 0.3) is 0 Å². The average Bonchev–Trinajstić information content (AvgIpc) is 2.82. The lowest BCUT2D eigenvalue weighted by molar-refractivity contribution is -0.119. The first-order chi connectivity index (χ1) is 8.25. The minimum absolute atomic E-state index is 0.332. The summed E-state index contributed by atoms with van der Waals surface area (Å²) in [5.41, 5.74) is 0. The molecule has 3 nitrogen and oxygen atoms in total. The van der Waals surface area contributed by atoms with Crippen molar-refractivity contribution < 1.29 is 4.79 Å². The molecular weight excluding hydrogens is 232 g/mol. The molecule has 1 N–H and O–H groups in total. The quantitative estimate of drug-likeness (QED) is 0.874. The third kappa shape index (κ3) is 3.89. The highest BCUT2D eigenvalue weighted by molar-refractivity contribution is 7.09. The van der Waals surface area contributed by atoms with Gasteiger partial charge in [-0.25, -0.2) is 4.98 Å². The van der Waals surface area contributed by atoms with Crippen LogP contribution in [0.3, 0.4) is 0 Å². The van der Waals surface area contributed by atoms with Crippen LogP contribution < -0.4 is 5.32 Å². The number of Topliss-reactive ketones (excluding diaryl/α,β-unsaturated/α-hetero) is 1. The molecule has 1 aromatic rings. The smallest absolute Gasteiger partial charge is 0.139 e. The van der Waals surface area contributed by atoms with Gasteiger partial charge >= 0.3 is 0 Å². The van der Waals surface area contributed by atoms with Gasteiger partial charge in [-0.3, -0.25) is 4.79 Å². The fourth-order valence-electron chi connectivity index (χ4n) is 2.47. The molecule has 2 rings (SSSR count). The summed E-state index contributed by atoms with van der Waals surface area (Å²) in [4.78, 5) is 16.1. The number of piperidine rings is 1. The molecule has 0 amide bonds. The molecule has 2 atom stereocenters. The number of thiazole rings is 1. The predicted octanol–water partition coefficient (Wildman–Crippen LogP) is 2.28. The predicted molar refractivity (Wildman–Crippen MR) is 70.2 cm³/mol. The van der Waals surface area contributed by atoms with Crippen LogP contribution in [0.4, 0.5) is 0 Å². The zero-order valence-electron chi connectivity index (χ0n) is 10.3. The van der Waals surface area contributed by atoms with Crippen molar-refractivity contribution in [1.29, 1.82) is 0 Å². The summed E-state index contributed by atoms with van der Waals surface area (Å²) >= 11 is 1.57. The Morgan fingerprint density at radius 1 is 1.71 bits per heavy atom. The molecule has 0 bridgehead atoms. The van der Waals surface area contributed by atoms with Crippen molar-refractivity contribution in [2.45, 2.75) is 32.6 Å². The number of nitrogens with one attached hydrogen (secondary N) is 1. The normalized spacial score (nSPS) is 22.3. The molecule has 1 saturated heterocycles. The maximum atomic E-state index is 11.9.